The number of hydrogen-bond donors (Lipinski definition) is 0. The Kier molecular flexibility index (Phi) is 7.10. The van der Waals surface area contributed by atoms with Crippen molar-refractivity contribution in [1.82, 2.24) is 5.01 Å². The molecule has 1 aliphatic heterocycles. The molecule has 3 aromatic carbocycles. The van der Waals surface area contributed by atoms with Crippen LogP contribution in [0.15, 0.2) is 86.3 Å². The van der Waals surface area contributed by atoms with Crippen LogP contribution in [0, 0.1) is 16.0 Å². The van der Waals surface area contributed by atoms with Gasteiger partial charge in [0.2, 0.25) is 0 Å². The summed E-state index contributed by atoms with van der Waals surface area (Å²) in [4.78, 5) is 24.6. The first-order valence-electron chi connectivity index (χ1n) is 11.4. The molecule has 0 aromatic heterocycles. The predicted molar refractivity (Wildman–Crippen MR) is 148 cm³/mol. The summed E-state index contributed by atoms with van der Waals surface area (Å²) in [6, 6.07) is 19.8. The largest absolute Gasteiger partial charge is 0.288 e. The third-order valence-electron chi connectivity index (χ3n) is 6.52. The summed E-state index contributed by atoms with van der Waals surface area (Å²) in [5.41, 5.74) is 3.90. The van der Waals surface area contributed by atoms with Crippen LogP contribution in [0.5, 0.6) is 0 Å². The van der Waals surface area contributed by atoms with Crippen molar-refractivity contribution in [3.63, 3.8) is 0 Å². The second kappa shape index (κ2) is 10.3. The molecule has 0 radical (unpaired) electrons. The molecule has 5 rings (SSSR count). The van der Waals surface area contributed by atoms with Crippen molar-refractivity contribution in [3.05, 3.63) is 113 Å². The summed E-state index contributed by atoms with van der Waals surface area (Å²) in [5, 5.41) is 17.8. The molecule has 1 fully saturated rings. The molecule has 2 atom stereocenters. The number of fused-ring (bicyclic) bond motifs is 1. The highest BCUT2D eigenvalue weighted by atomic mass is 79.9. The van der Waals surface area contributed by atoms with E-state index in [1.807, 2.05) is 48.5 Å². The smallest absolute Gasteiger partial charge is 0.267 e. The molecule has 0 unspecified atom stereocenters. The van der Waals surface area contributed by atoms with Gasteiger partial charge in [-0.2, -0.15) is 5.10 Å². The molecule has 2 aliphatic rings. The average molecular weight is 630 g/mol. The van der Waals surface area contributed by atoms with E-state index in [0.717, 1.165) is 50.6 Å². The quantitative estimate of drug-likeness (QED) is 0.216. The normalized spacial score (nSPS) is 20.2. The van der Waals surface area contributed by atoms with E-state index in [1.165, 1.54) is 23.2 Å². The Morgan fingerprint density at radius 3 is 2.39 bits per heavy atom. The molecule has 6 nitrogen and oxygen atoms in total. The molecule has 1 heterocycles. The second-order valence-electron chi connectivity index (χ2n) is 8.77. The first-order valence-corrected chi connectivity index (χ1v) is 13.4. The van der Waals surface area contributed by atoms with Gasteiger partial charge in [-0.3, -0.25) is 14.9 Å². The van der Waals surface area contributed by atoms with Crippen molar-refractivity contribution < 1.29 is 9.72 Å². The van der Waals surface area contributed by atoms with Gasteiger partial charge in [0.05, 0.1) is 16.7 Å². The molecule has 1 aliphatic carbocycles. The van der Waals surface area contributed by atoms with Crippen LogP contribution in [0.25, 0.3) is 6.08 Å². The van der Waals surface area contributed by atoms with Gasteiger partial charge in [0, 0.05) is 26.5 Å². The topological polar surface area (TPSA) is 75.8 Å². The van der Waals surface area contributed by atoms with Gasteiger partial charge in [0.15, 0.2) is 0 Å². The van der Waals surface area contributed by atoms with Crippen molar-refractivity contribution in [2.75, 3.05) is 0 Å². The van der Waals surface area contributed by atoms with E-state index in [-0.39, 0.29) is 28.2 Å². The van der Waals surface area contributed by atoms with Gasteiger partial charge in [-0.05, 0) is 78.4 Å². The summed E-state index contributed by atoms with van der Waals surface area (Å²) < 4.78 is 1.95. The predicted octanol–water partition coefficient (Wildman–Crippen LogP) is 8.21. The number of amides is 1. The van der Waals surface area contributed by atoms with Crippen LogP contribution in [0.2, 0.25) is 5.02 Å². The molecule has 0 bridgehead atoms. The number of hydrogen-bond acceptors (Lipinski definition) is 4. The number of allylic oxidation sites excluding steroid dienone is 1. The second-order valence-corrected chi connectivity index (χ2v) is 11.0. The number of nitrogens with zero attached hydrogens (tertiary/aromatic N) is 3. The Balaban J connectivity index is 1.59. The van der Waals surface area contributed by atoms with Gasteiger partial charge in [-0.1, -0.05) is 67.7 Å². The lowest BCUT2D eigenvalue weighted by Gasteiger charge is -2.29. The Labute approximate surface area is 230 Å². The minimum Gasteiger partial charge on any atom is -0.267 e. The summed E-state index contributed by atoms with van der Waals surface area (Å²) in [6.45, 7) is 0. The zero-order chi connectivity index (χ0) is 25.4. The molecule has 3 aromatic rings. The first-order chi connectivity index (χ1) is 17.3. The van der Waals surface area contributed by atoms with Gasteiger partial charge >= 0.3 is 0 Å². The Morgan fingerprint density at radius 2 is 1.72 bits per heavy atom. The zero-order valence-corrected chi connectivity index (χ0v) is 22.8. The molecule has 0 saturated heterocycles. The first kappa shape index (κ1) is 24.9. The number of carbonyl (C=O) groups is 1. The van der Waals surface area contributed by atoms with Crippen molar-refractivity contribution in [2.45, 2.75) is 25.3 Å². The van der Waals surface area contributed by atoms with E-state index in [2.05, 4.69) is 37.9 Å². The zero-order valence-electron chi connectivity index (χ0n) is 18.9. The molecule has 9 heteroatoms. The van der Waals surface area contributed by atoms with Gasteiger partial charge < -0.3 is 0 Å². The number of hydrazone groups is 1. The van der Waals surface area contributed by atoms with Crippen LogP contribution in [0.4, 0.5) is 5.69 Å². The summed E-state index contributed by atoms with van der Waals surface area (Å²) in [7, 11) is 0. The molecular formula is C27H20Br2ClN3O3. The van der Waals surface area contributed by atoms with Crippen LogP contribution >= 0.6 is 43.5 Å². The molecule has 182 valence electrons. The molecule has 1 amide bonds. The maximum atomic E-state index is 13.7. The van der Waals surface area contributed by atoms with Gasteiger partial charge in [-0.25, -0.2) is 5.01 Å². The molecule has 0 spiro atoms. The number of nitro benzene ring substituents is 1. The lowest BCUT2D eigenvalue weighted by molar-refractivity contribution is -0.384. The minimum absolute atomic E-state index is 0.0119. The maximum absolute atomic E-state index is 13.7. The maximum Gasteiger partial charge on any atom is 0.288 e. The molecule has 1 saturated carbocycles. The summed E-state index contributed by atoms with van der Waals surface area (Å²) in [5.74, 6) is -0.375. The summed E-state index contributed by atoms with van der Waals surface area (Å²) >= 11 is 13.0. The van der Waals surface area contributed by atoms with Crippen LogP contribution in [-0.2, 0) is 0 Å². The van der Waals surface area contributed by atoms with Crippen LogP contribution < -0.4 is 0 Å². The van der Waals surface area contributed by atoms with Crippen LogP contribution in [-0.4, -0.2) is 21.6 Å². The Morgan fingerprint density at radius 1 is 1.06 bits per heavy atom. The highest BCUT2D eigenvalue weighted by Gasteiger charge is 2.44. The van der Waals surface area contributed by atoms with Gasteiger partial charge in [0.25, 0.3) is 11.6 Å². The van der Waals surface area contributed by atoms with Crippen LogP contribution in [0.3, 0.4) is 0 Å². The number of carbonyl (C=O) groups excluding carboxylic acids is 1. The van der Waals surface area contributed by atoms with E-state index in [4.69, 9.17) is 16.7 Å². The lowest BCUT2D eigenvalue weighted by Crippen LogP contribution is -2.32. The van der Waals surface area contributed by atoms with Gasteiger partial charge in [0.1, 0.15) is 5.02 Å². The summed E-state index contributed by atoms with van der Waals surface area (Å²) in [6.07, 6.45) is 4.87. The highest BCUT2D eigenvalue weighted by Crippen LogP contribution is 2.45. The Bertz CT molecular complexity index is 1400. The fraction of sp³-hybridized carbons (Fsp3) is 0.185. The van der Waals surface area contributed by atoms with E-state index >= 15 is 0 Å². The van der Waals surface area contributed by atoms with Crippen molar-refractivity contribution in [2.24, 2.45) is 11.0 Å². The molecule has 36 heavy (non-hydrogen) atoms. The van der Waals surface area contributed by atoms with Crippen molar-refractivity contribution in [1.29, 1.82) is 0 Å². The van der Waals surface area contributed by atoms with Gasteiger partial charge in [-0.15, -0.1) is 0 Å². The van der Waals surface area contributed by atoms with E-state index in [0.29, 0.717) is 0 Å². The highest BCUT2D eigenvalue weighted by molar-refractivity contribution is 9.10. The third kappa shape index (κ3) is 4.90. The van der Waals surface area contributed by atoms with Crippen molar-refractivity contribution >= 4 is 66.8 Å². The third-order valence-corrected chi connectivity index (χ3v) is 7.90. The molecule has 0 N–H and O–H groups in total. The van der Waals surface area contributed by atoms with Crippen LogP contribution in [0.1, 0.15) is 46.8 Å². The molecular weight excluding hydrogens is 610 g/mol. The monoisotopic (exact) mass is 627 g/mol. The van der Waals surface area contributed by atoms with E-state index in [1.54, 1.807) is 0 Å². The fourth-order valence-electron chi connectivity index (χ4n) is 4.84. The van der Waals surface area contributed by atoms with E-state index < -0.39 is 10.8 Å². The minimum atomic E-state index is -0.583. The SMILES string of the molecule is O=C(c1ccc(Cl)c([N+](=O)[O-])c1)N1N=C2/C(=C/c3ccc(Br)cc3)CCC[C@H]2[C@H]1c1ccc(Br)cc1. The fourth-order valence-corrected chi connectivity index (χ4v) is 5.55. The number of halogens is 3. The van der Waals surface area contributed by atoms with E-state index in [9.17, 15) is 14.9 Å². The standard InChI is InChI=1S/C27H20Br2ClN3O3/c28-20-9-4-16(5-10-20)14-18-2-1-3-22-25(18)31-32(26(22)17-6-11-21(29)12-7-17)27(34)19-8-13-23(30)24(15-19)33(35)36/h4-15,22,26H,1-3H2/b18-14+/t22-,26-/m1/s1. The number of nitro groups is 1. The lowest BCUT2D eigenvalue weighted by atomic mass is 9.77. The number of rotatable bonds is 4. The average Bonchev–Trinajstić information content (AvgIpc) is 3.26. The number of benzene rings is 3. The van der Waals surface area contributed by atoms with Crippen molar-refractivity contribution in [3.8, 4) is 0 Å². The Hall–Kier alpha value is -2.81.